The SMILES string of the molecule is CCCCCOc1ccc(N2C(=O)C3CC(C)=C(C)CC3C2=O)cc1. The smallest absolute Gasteiger partial charge is 0.238 e. The van der Waals surface area contributed by atoms with Gasteiger partial charge in [-0.25, -0.2) is 0 Å². The first kappa shape index (κ1) is 17.7. The molecule has 3 rings (SSSR count). The molecule has 2 aliphatic rings. The van der Waals surface area contributed by atoms with Crippen molar-refractivity contribution in [2.24, 2.45) is 11.8 Å². The summed E-state index contributed by atoms with van der Waals surface area (Å²) >= 11 is 0. The molecule has 1 saturated heterocycles. The van der Waals surface area contributed by atoms with Gasteiger partial charge in [0.15, 0.2) is 0 Å². The summed E-state index contributed by atoms with van der Waals surface area (Å²) in [7, 11) is 0. The van der Waals surface area contributed by atoms with Crippen LogP contribution in [-0.2, 0) is 9.59 Å². The second-order valence-corrected chi connectivity index (χ2v) is 7.24. The molecule has 0 N–H and O–H groups in total. The second kappa shape index (κ2) is 7.42. The molecule has 0 aromatic heterocycles. The van der Waals surface area contributed by atoms with Crippen LogP contribution in [-0.4, -0.2) is 18.4 Å². The first-order chi connectivity index (χ1) is 12.0. The summed E-state index contributed by atoms with van der Waals surface area (Å²) in [5, 5.41) is 0. The summed E-state index contributed by atoms with van der Waals surface area (Å²) in [5.74, 6) is 0.281. The molecule has 2 unspecified atom stereocenters. The van der Waals surface area contributed by atoms with Gasteiger partial charge in [0.05, 0.1) is 24.1 Å². The van der Waals surface area contributed by atoms with Crippen molar-refractivity contribution in [1.29, 1.82) is 0 Å². The molecule has 0 radical (unpaired) electrons. The molecule has 0 saturated carbocycles. The monoisotopic (exact) mass is 341 g/mol. The highest BCUT2D eigenvalue weighted by atomic mass is 16.5. The topological polar surface area (TPSA) is 46.6 Å². The molecule has 2 amide bonds. The highest BCUT2D eigenvalue weighted by molar-refractivity contribution is 6.22. The van der Waals surface area contributed by atoms with E-state index >= 15 is 0 Å². The van der Waals surface area contributed by atoms with Crippen LogP contribution in [0.5, 0.6) is 5.75 Å². The van der Waals surface area contributed by atoms with Crippen molar-refractivity contribution in [3.8, 4) is 5.75 Å². The van der Waals surface area contributed by atoms with E-state index in [4.69, 9.17) is 4.74 Å². The van der Waals surface area contributed by atoms with Gasteiger partial charge in [-0.2, -0.15) is 0 Å². The van der Waals surface area contributed by atoms with Gasteiger partial charge in [0, 0.05) is 0 Å². The molecule has 25 heavy (non-hydrogen) atoms. The summed E-state index contributed by atoms with van der Waals surface area (Å²) in [4.78, 5) is 26.9. The number of benzene rings is 1. The van der Waals surface area contributed by atoms with Crippen LogP contribution in [0.15, 0.2) is 35.4 Å². The number of ether oxygens (including phenoxy) is 1. The molecule has 1 heterocycles. The maximum atomic E-state index is 12.8. The molecule has 134 valence electrons. The van der Waals surface area contributed by atoms with Gasteiger partial charge in [0.2, 0.25) is 11.8 Å². The molecule has 2 atom stereocenters. The normalized spacial score (nSPS) is 23.2. The number of unbranched alkanes of at least 4 members (excludes halogenated alkanes) is 2. The van der Waals surface area contributed by atoms with Gasteiger partial charge in [-0.15, -0.1) is 0 Å². The number of carbonyl (C=O) groups excluding carboxylic acids is 2. The van der Waals surface area contributed by atoms with E-state index in [1.165, 1.54) is 16.0 Å². The Morgan fingerprint density at radius 3 is 2.04 bits per heavy atom. The van der Waals surface area contributed by atoms with Crippen LogP contribution >= 0.6 is 0 Å². The van der Waals surface area contributed by atoms with E-state index in [1.807, 2.05) is 24.3 Å². The van der Waals surface area contributed by atoms with Crippen molar-refractivity contribution in [1.82, 2.24) is 0 Å². The van der Waals surface area contributed by atoms with E-state index in [2.05, 4.69) is 20.8 Å². The van der Waals surface area contributed by atoms with Crippen LogP contribution in [0.3, 0.4) is 0 Å². The van der Waals surface area contributed by atoms with E-state index in [9.17, 15) is 9.59 Å². The second-order valence-electron chi connectivity index (χ2n) is 7.24. The first-order valence-corrected chi connectivity index (χ1v) is 9.28. The number of amides is 2. The quantitative estimate of drug-likeness (QED) is 0.435. The number of hydrogen-bond donors (Lipinski definition) is 0. The lowest BCUT2D eigenvalue weighted by Gasteiger charge is -2.23. The number of rotatable bonds is 6. The molecule has 0 bridgehead atoms. The minimum Gasteiger partial charge on any atom is -0.494 e. The Balaban J connectivity index is 1.70. The van der Waals surface area contributed by atoms with Gasteiger partial charge in [0.1, 0.15) is 5.75 Å². The van der Waals surface area contributed by atoms with Crippen molar-refractivity contribution < 1.29 is 14.3 Å². The van der Waals surface area contributed by atoms with Gasteiger partial charge in [-0.3, -0.25) is 14.5 Å². The summed E-state index contributed by atoms with van der Waals surface area (Å²) in [6.45, 7) is 6.99. The van der Waals surface area contributed by atoms with Crippen LogP contribution in [0, 0.1) is 11.8 Å². The average Bonchev–Trinajstić information content (AvgIpc) is 2.84. The van der Waals surface area contributed by atoms with E-state index in [0.29, 0.717) is 25.1 Å². The van der Waals surface area contributed by atoms with Crippen LogP contribution in [0.4, 0.5) is 5.69 Å². The molecule has 1 aromatic rings. The summed E-state index contributed by atoms with van der Waals surface area (Å²) in [6.07, 6.45) is 4.77. The molecule has 1 aliphatic heterocycles. The Morgan fingerprint density at radius 2 is 1.52 bits per heavy atom. The zero-order valence-electron chi connectivity index (χ0n) is 15.4. The minimum atomic E-state index is -0.193. The summed E-state index contributed by atoms with van der Waals surface area (Å²) < 4.78 is 5.71. The number of nitrogens with zero attached hydrogens (tertiary/aromatic N) is 1. The highest BCUT2D eigenvalue weighted by Crippen LogP contribution is 2.42. The van der Waals surface area contributed by atoms with Crippen molar-refractivity contribution >= 4 is 17.5 Å². The van der Waals surface area contributed by atoms with Gasteiger partial charge in [0.25, 0.3) is 0 Å². The van der Waals surface area contributed by atoms with Gasteiger partial charge in [-0.05, 0) is 57.4 Å². The maximum Gasteiger partial charge on any atom is 0.238 e. The lowest BCUT2D eigenvalue weighted by atomic mass is 9.78. The number of anilines is 1. The number of carbonyl (C=O) groups is 2. The Labute approximate surface area is 149 Å². The lowest BCUT2D eigenvalue weighted by Crippen LogP contribution is -2.30. The van der Waals surface area contributed by atoms with Crippen molar-refractivity contribution in [3.05, 3.63) is 35.4 Å². The third-order valence-electron chi connectivity index (χ3n) is 5.45. The minimum absolute atomic E-state index is 0.0570. The molecule has 1 aromatic carbocycles. The number of fused-ring (bicyclic) bond motifs is 1. The average molecular weight is 341 g/mol. The van der Waals surface area contributed by atoms with Crippen LogP contribution in [0.25, 0.3) is 0 Å². The van der Waals surface area contributed by atoms with Crippen LogP contribution in [0.1, 0.15) is 52.9 Å². The predicted octanol–water partition coefficient (Wildman–Crippen LogP) is 4.49. The molecule has 4 heteroatoms. The number of imide groups is 1. The number of hydrogen-bond acceptors (Lipinski definition) is 3. The number of allylic oxidation sites excluding steroid dienone is 2. The third-order valence-corrected chi connectivity index (χ3v) is 5.45. The van der Waals surface area contributed by atoms with E-state index in [0.717, 1.165) is 25.0 Å². The van der Waals surface area contributed by atoms with Gasteiger partial charge >= 0.3 is 0 Å². The fourth-order valence-electron chi connectivity index (χ4n) is 3.74. The summed E-state index contributed by atoms with van der Waals surface area (Å²) in [6, 6.07) is 7.32. The van der Waals surface area contributed by atoms with E-state index in [-0.39, 0.29) is 23.7 Å². The Bertz CT molecular complexity index is 658. The van der Waals surface area contributed by atoms with E-state index in [1.54, 1.807) is 0 Å². The van der Waals surface area contributed by atoms with E-state index < -0.39 is 0 Å². The zero-order chi connectivity index (χ0) is 18.0. The molecule has 1 fully saturated rings. The third kappa shape index (κ3) is 3.48. The van der Waals surface area contributed by atoms with Crippen LogP contribution in [0.2, 0.25) is 0 Å². The van der Waals surface area contributed by atoms with Crippen LogP contribution < -0.4 is 9.64 Å². The molecular formula is C21H27NO3. The van der Waals surface area contributed by atoms with Gasteiger partial charge in [-0.1, -0.05) is 30.9 Å². The molecular weight excluding hydrogens is 314 g/mol. The maximum absolute atomic E-state index is 12.8. The fourth-order valence-corrected chi connectivity index (χ4v) is 3.74. The Morgan fingerprint density at radius 1 is 0.960 bits per heavy atom. The zero-order valence-corrected chi connectivity index (χ0v) is 15.4. The standard InChI is InChI=1S/C21H27NO3/c1-4-5-6-11-25-17-9-7-16(8-10-17)22-20(23)18-12-14(2)15(3)13-19(18)21(22)24/h7-10,18-19H,4-6,11-13H2,1-3H3. The first-order valence-electron chi connectivity index (χ1n) is 9.28. The highest BCUT2D eigenvalue weighted by Gasteiger charge is 2.49. The molecule has 0 spiro atoms. The largest absolute Gasteiger partial charge is 0.494 e. The molecule has 4 nitrogen and oxygen atoms in total. The Kier molecular flexibility index (Phi) is 5.26. The van der Waals surface area contributed by atoms with Crippen molar-refractivity contribution in [2.45, 2.75) is 52.9 Å². The summed E-state index contributed by atoms with van der Waals surface area (Å²) in [5.41, 5.74) is 3.15. The van der Waals surface area contributed by atoms with Crippen molar-refractivity contribution in [2.75, 3.05) is 11.5 Å². The Hall–Kier alpha value is -2.10. The predicted molar refractivity (Wildman–Crippen MR) is 98.5 cm³/mol. The lowest BCUT2D eigenvalue weighted by molar-refractivity contribution is -0.122. The molecule has 1 aliphatic carbocycles. The van der Waals surface area contributed by atoms with Crippen molar-refractivity contribution in [3.63, 3.8) is 0 Å². The fraction of sp³-hybridized carbons (Fsp3) is 0.524. The van der Waals surface area contributed by atoms with Gasteiger partial charge < -0.3 is 4.74 Å².